The normalized spacial score (nSPS) is 11.6. The van der Waals surface area contributed by atoms with E-state index >= 15 is 0 Å². The van der Waals surface area contributed by atoms with Crippen molar-refractivity contribution in [1.29, 1.82) is 0 Å². The highest BCUT2D eigenvalue weighted by Gasteiger charge is 2.21. The first kappa shape index (κ1) is 17.6. The van der Waals surface area contributed by atoms with Crippen LogP contribution in [0, 0.1) is 11.6 Å². The van der Waals surface area contributed by atoms with Gasteiger partial charge in [-0.15, -0.1) is 0 Å². The average Bonchev–Trinajstić information content (AvgIpc) is 2.58. The van der Waals surface area contributed by atoms with Gasteiger partial charge in [0.1, 0.15) is 0 Å². The number of amides is 1. The number of halogens is 2. The smallest absolute Gasteiger partial charge is 0.313 e. The Bertz CT molecular complexity index is 719. The Balaban J connectivity index is 1.90. The Morgan fingerprint density at radius 1 is 1.08 bits per heavy atom. The summed E-state index contributed by atoms with van der Waals surface area (Å²) in [5.74, 6) is -3.67. The maximum absolute atomic E-state index is 13.1. The number of nitrogens with one attached hydrogen (secondary N) is 1. The zero-order chi connectivity index (χ0) is 17.5. The number of rotatable bonds is 6. The summed E-state index contributed by atoms with van der Waals surface area (Å²) < 4.78 is 30.9. The summed E-state index contributed by atoms with van der Waals surface area (Å²) in [4.78, 5) is 23.9. The van der Waals surface area contributed by atoms with E-state index < -0.39 is 36.0 Å². The summed E-state index contributed by atoms with van der Waals surface area (Å²) >= 11 is 0. The number of benzene rings is 2. The topological polar surface area (TPSA) is 55.4 Å². The van der Waals surface area contributed by atoms with Crippen molar-refractivity contribution in [3.05, 3.63) is 65.7 Å². The van der Waals surface area contributed by atoms with Crippen LogP contribution in [0.3, 0.4) is 0 Å². The minimum absolute atomic E-state index is 0.0880. The van der Waals surface area contributed by atoms with E-state index in [1.54, 1.807) is 0 Å². The van der Waals surface area contributed by atoms with Gasteiger partial charge in [-0.1, -0.05) is 37.3 Å². The molecule has 0 aliphatic carbocycles. The number of hydrogen-bond donors (Lipinski definition) is 1. The van der Waals surface area contributed by atoms with Crippen LogP contribution in [0.2, 0.25) is 0 Å². The lowest BCUT2D eigenvalue weighted by molar-refractivity contribution is -0.149. The van der Waals surface area contributed by atoms with E-state index in [0.717, 1.165) is 17.7 Å². The molecular weight excluding hydrogens is 316 g/mol. The molecule has 2 rings (SSSR count). The molecule has 126 valence electrons. The second kappa shape index (κ2) is 8.19. The molecule has 2 aromatic rings. The molecule has 0 aliphatic rings. The van der Waals surface area contributed by atoms with Crippen LogP contribution in [-0.2, 0) is 14.3 Å². The number of carbonyl (C=O) groups is 2. The van der Waals surface area contributed by atoms with Crippen LogP contribution in [0.25, 0.3) is 0 Å². The number of carbonyl (C=O) groups excluding carboxylic acids is 2. The van der Waals surface area contributed by atoms with Gasteiger partial charge in [0, 0.05) is 11.8 Å². The SMILES string of the molecule is CCC(C(=O)OCC(=O)Nc1ccc(F)c(F)c1)c1ccccc1. The van der Waals surface area contributed by atoms with Crippen molar-refractivity contribution in [2.45, 2.75) is 19.3 Å². The quantitative estimate of drug-likeness (QED) is 0.821. The molecule has 1 amide bonds. The molecule has 2 aromatic carbocycles. The fourth-order valence-electron chi connectivity index (χ4n) is 2.23. The Labute approximate surface area is 138 Å². The molecule has 0 saturated heterocycles. The fourth-order valence-corrected chi connectivity index (χ4v) is 2.23. The third kappa shape index (κ3) is 4.62. The lowest BCUT2D eigenvalue weighted by Crippen LogP contribution is -2.24. The van der Waals surface area contributed by atoms with Gasteiger partial charge >= 0.3 is 5.97 Å². The molecule has 0 aromatic heterocycles. The third-order valence-electron chi connectivity index (χ3n) is 3.44. The van der Waals surface area contributed by atoms with Gasteiger partial charge in [-0.3, -0.25) is 9.59 Å². The van der Waals surface area contributed by atoms with E-state index in [2.05, 4.69) is 5.32 Å². The van der Waals surface area contributed by atoms with E-state index in [1.165, 1.54) is 6.07 Å². The van der Waals surface area contributed by atoms with Crippen molar-refractivity contribution in [1.82, 2.24) is 0 Å². The van der Waals surface area contributed by atoms with Crippen LogP contribution in [0.15, 0.2) is 48.5 Å². The monoisotopic (exact) mass is 333 g/mol. The highest BCUT2D eigenvalue weighted by atomic mass is 19.2. The minimum atomic E-state index is -1.07. The second-order valence-corrected chi connectivity index (χ2v) is 5.16. The molecule has 0 radical (unpaired) electrons. The highest BCUT2D eigenvalue weighted by Crippen LogP contribution is 2.20. The Morgan fingerprint density at radius 2 is 1.79 bits per heavy atom. The van der Waals surface area contributed by atoms with Crippen LogP contribution in [0.5, 0.6) is 0 Å². The lowest BCUT2D eigenvalue weighted by Gasteiger charge is -2.14. The number of anilines is 1. The average molecular weight is 333 g/mol. The Morgan fingerprint density at radius 3 is 2.42 bits per heavy atom. The van der Waals surface area contributed by atoms with E-state index in [1.807, 2.05) is 37.3 Å². The molecule has 0 aliphatic heterocycles. The maximum Gasteiger partial charge on any atom is 0.313 e. The van der Waals surface area contributed by atoms with Crippen LogP contribution in [0.1, 0.15) is 24.8 Å². The molecule has 1 atom stereocenters. The van der Waals surface area contributed by atoms with Gasteiger partial charge < -0.3 is 10.1 Å². The highest BCUT2D eigenvalue weighted by molar-refractivity contribution is 5.93. The summed E-state index contributed by atoms with van der Waals surface area (Å²) in [6.07, 6.45) is 0.535. The second-order valence-electron chi connectivity index (χ2n) is 5.16. The first-order valence-electron chi connectivity index (χ1n) is 7.47. The molecule has 4 nitrogen and oxygen atoms in total. The predicted molar refractivity (Wildman–Crippen MR) is 85.4 cm³/mol. The summed E-state index contributed by atoms with van der Waals surface area (Å²) in [7, 11) is 0. The third-order valence-corrected chi connectivity index (χ3v) is 3.44. The van der Waals surface area contributed by atoms with Crippen molar-refractivity contribution in [3.63, 3.8) is 0 Å². The number of hydrogen-bond acceptors (Lipinski definition) is 3. The number of ether oxygens (including phenoxy) is 1. The van der Waals surface area contributed by atoms with Crippen molar-refractivity contribution < 1.29 is 23.1 Å². The van der Waals surface area contributed by atoms with E-state index in [9.17, 15) is 18.4 Å². The standard InChI is InChI=1S/C18H17F2NO3/c1-2-14(12-6-4-3-5-7-12)18(23)24-11-17(22)21-13-8-9-15(19)16(20)10-13/h3-10,14H,2,11H2,1H3,(H,21,22). The van der Waals surface area contributed by atoms with Gasteiger partial charge in [-0.2, -0.15) is 0 Å². The van der Waals surface area contributed by atoms with E-state index in [0.29, 0.717) is 6.42 Å². The van der Waals surface area contributed by atoms with Crippen LogP contribution in [-0.4, -0.2) is 18.5 Å². The Kier molecular flexibility index (Phi) is 6.01. The molecule has 0 heterocycles. The van der Waals surface area contributed by atoms with Crippen molar-refractivity contribution in [2.24, 2.45) is 0 Å². The summed E-state index contributed by atoms with van der Waals surface area (Å²) in [6.45, 7) is 1.35. The van der Waals surface area contributed by atoms with Crippen molar-refractivity contribution in [3.8, 4) is 0 Å². The molecule has 0 fully saturated rings. The summed E-state index contributed by atoms with van der Waals surface area (Å²) in [6, 6.07) is 12.1. The molecule has 1 N–H and O–H groups in total. The van der Waals surface area contributed by atoms with Gasteiger partial charge in [-0.05, 0) is 24.1 Å². The minimum Gasteiger partial charge on any atom is -0.455 e. The van der Waals surface area contributed by atoms with Crippen molar-refractivity contribution >= 4 is 17.6 Å². The van der Waals surface area contributed by atoms with Gasteiger partial charge in [0.15, 0.2) is 18.2 Å². The summed E-state index contributed by atoms with van der Waals surface area (Å²) in [5, 5.41) is 2.34. The van der Waals surface area contributed by atoms with Gasteiger partial charge in [0.2, 0.25) is 0 Å². The zero-order valence-electron chi connectivity index (χ0n) is 13.1. The van der Waals surface area contributed by atoms with Crippen LogP contribution >= 0.6 is 0 Å². The van der Waals surface area contributed by atoms with E-state index in [-0.39, 0.29) is 5.69 Å². The molecular formula is C18H17F2NO3. The first-order valence-corrected chi connectivity index (χ1v) is 7.47. The first-order chi connectivity index (χ1) is 11.5. The molecule has 0 spiro atoms. The zero-order valence-corrected chi connectivity index (χ0v) is 13.1. The van der Waals surface area contributed by atoms with Crippen LogP contribution in [0.4, 0.5) is 14.5 Å². The van der Waals surface area contributed by atoms with Crippen LogP contribution < -0.4 is 5.32 Å². The van der Waals surface area contributed by atoms with E-state index in [4.69, 9.17) is 4.74 Å². The molecule has 0 saturated carbocycles. The molecule has 0 bridgehead atoms. The molecule has 6 heteroatoms. The van der Waals surface area contributed by atoms with Gasteiger partial charge in [0.05, 0.1) is 5.92 Å². The maximum atomic E-state index is 13.1. The fraction of sp³-hybridized carbons (Fsp3) is 0.222. The van der Waals surface area contributed by atoms with Gasteiger partial charge in [0.25, 0.3) is 5.91 Å². The summed E-state index contributed by atoms with van der Waals surface area (Å²) in [5.41, 5.74) is 0.899. The van der Waals surface area contributed by atoms with Crippen molar-refractivity contribution in [2.75, 3.05) is 11.9 Å². The largest absolute Gasteiger partial charge is 0.455 e. The molecule has 24 heavy (non-hydrogen) atoms. The predicted octanol–water partition coefficient (Wildman–Crippen LogP) is 3.64. The number of esters is 1. The lowest BCUT2D eigenvalue weighted by atomic mass is 9.97. The Hall–Kier alpha value is -2.76. The van der Waals surface area contributed by atoms with Gasteiger partial charge in [-0.25, -0.2) is 8.78 Å². The molecule has 1 unspecified atom stereocenters.